The third kappa shape index (κ3) is 4.08. The number of carbonyl (C=O) groups excluding carboxylic acids is 1. The smallest absolute Gasteiger partial charge is 0.225 e. The van der Waals surface area contributed by atoms with E-state index >= 15 is 0 Å². The zero-order valence-electron chi connectivity index (χ0n) is 12.6. The van der Waals surface area contributed by atoms with E-state index in [4.69, 9.17) is 11.6 Å². The summed E-state index contributed by atoms with van der Waals surface area (Å²) in [6.07, 6.45) is -0.0679. The second kappa shape index (κ2) is 7.41. The number of hydrogen-bond acceptors (Lipinski definition) is 1. The summed E-state index contributed by atoms with van der Waals surface area (Å²) in [5.41, 5.74) is 1.27. The van der Waals surface area contributed by atoms with Crippen LogP contribution in [0.2, 0.25) is 5.02 Å². The summed E-state index contributed by atoms with van der Waals surface area (Å²) in [7, 11) is 0. The van der Waals surface area contributed by atoms with Crippen molar-refractivity contribution in [3.05, 3.63) is 70.5 Å². The first-order valence-electron chi connectivity index (χ1n) is 7.26. The van der Waals surface area contributed by atoms with Crippen LogP contribution in [-0.4, -0.2) is 5.91 Å². The number of hydrogen-bond donors (Lipinski definition) is 1. The highest BCUT2D eigenvalue weighted by atomic mass is 35.5. The van der Waals surface area contributed by atoms with Gasteiger partial charge in [-0.1, -0.05) is 61.8 Å². The highest BCUT2D eigenvalue weighted by Gasteiger charge is 2.19. The molecule has 2 nitrogen and oxygen atoms in total. The van der Waals surface area contributed by atoms with Gasteiger partial charge in [0, 0.05) is 10.6 Å². The molecule has 0 saturated heterocycles. The summed E-state index contributed by atoms with van der Waals surface area (Å²) in [5, 5.41) is 3.25. The monoisotopic (exact) mass is 319 g/mol. The lowest BCUT2D eigenvalue weighted by molar-refractivity contribution is -0.121. The molecule has 0 bridgehead atoms. The summed E-state index contributed by atoms with van der Waals surface area (Å²) >= 11 is 5.97. The fraction of sp³-hybridized carbons (Fsp3) is 0.278. The lowest BCUT2D eigenvalue weighted by atomic mass is 9.95. The summed E-state index contributed by atoms with van der Waals surface area (Å²) < 4.78 is 13.8. The minimum Gasteiger partial charge on any atom is -0.349 e. The highest BCUT2D eigenvalue weighted by molar-refractivity contribution is 6.31. The number of benzene rings is 2. The van der Waals surface area contributed by atoms with Gasteiger partial charge in [-0.25, -0.2) is 4.39 Å². The molecule has 0 aliphatic heterocycles. The minimum atomic E-state index is -0.455. The van der Waals surface area contributed by atoms with Gasteiger partial charge in [-0.05, 0) is 23.6 Å². The maximum absolute atomic E-state index is 13.8. The van der Waals surface area contributed by atoms with E-state index in [1.165, 1.54) is 12.1 Å². The molecule has 2 aromatic rings. The quantitative estimate of drug-likeness (QED) is 0.861. The molecule has 0 spiro atoms. The van der Waals surface area contributed by atoms with E-state index in [1.807, 2.05) is 44.2 Å². The molecule has 0 aromatic heterocycles. The first kappa shape index (κ1) is 16.5. The summed E-state index contributed by atoms with van der Waals surface area (Å²) in [6, 6.07) is 14.1. The van der Waals surface area contributed by atoms with Crippen LogP contribution >= 0.6 is 11.6 Å². The molecule has 22 heavy (non-hydrogen) atoms. The Morgan fingerprint density at radius 2 is 1.82 bits per heavy atom. The first-order chi connectivity index (χ1) is 10.5. The third-order valence-electron chi connectivity index (χ3n) is 3.54. The van der Waals surface area contributed by atoms with Crippen LogP contribution in [0.4, 0.5) is 4.39 Å². The SMILES string of the molecule is CC(C)[C@H](NC(=O)Cc1c(F)cccc1Cl)c1ccccc1. The van der Waals surface area contributed by atoms with Gasteiger partial charge in [-0.15, -0.1) is 0 Å². The molecule has 2 rings (SSSR count). The van der Waals surface area contributed by atoms with E-state index in [2.05, 4.69) is 5.32 Å². The van der Waals surface area contributed by atoms with Crippen molar-refractivity contribution in [2.24, 2.45) is 5.92 Å². The largest absolute Gasteiger partial charge is 0.349 e. The number of rotatable bonds is 5. The van der Waals surface area contributed by atoms with Gasteiger partial charge in [0.05, 0.1) is 12.5 Å². The molecule has 0 aliphatic carbocycles. The average Bonchev–Trinajstić information content (AvgIpc) is 2.49. The Bertz CT molecular complexity index is 623. The third-order valence-corrected chi connectivity index (χ3v) is 3.89. The van der Waals surface area contributed by atoms with Crippen molar-refractivity contribution in [1.82, 2.24) is 5.32 Å². The van der Waals surface area contributed by atoms with E-state index in [0.29, 0.717) is 0 Å². The summed E-state index contributed by atoms with van der Waals surface area (Å²) in [6.45, 7) is 4.07. The maximum Gasteiger partial charge on any atom is 0.225 e. The lowest BCUT2D eigenvalue weighted by Gasteiger charge is -2.23. The molecular formula is C18H19ClFNO. The topological polar surface area (TPSA) is 29.1 Å². The van der Waals surface area contributed by atoms with Gasteiger partial charge in [0.25, 0.3) is 0 Å². The molecule has 0 aliphatic rings. The second-order valence-electron chi connectivity index (χ2n) is 5.58. The molecule has 4 heteroatoms. The maximum atomic E-state index is 13.8. The Hall–Kier alpha value is -1.87. The van der Waals surface area contributed by atoms with E-state index in [0.717, 1.165) is 5.56 Å². The molecule has 116 valence electrons. The van der Waals surface area contributed by atoms with Gasteiger partial charge >= 0.3 is 0 Å². The first-order valence-corrected chi connectivity index (χ1v) is 7.64. The van der Waals surface area contributed by atoms with Crippen molar-refractivity contribution in [2.75, 3.05) is 0 Å². The fourth-order valence-electron chi connectivity index (χ4n) is 2.38. The Morgan fingerprint density at radius 3 is 2.41 bits per heavy atom. The van der Waals surface area contributed by atoms with E-state index in [9.17, 15) is 9.18 Å². The van der Waals surface area contributed by atoms with E-state index in [1.54, 1.807) is 6.07 Å². The van der Waals surface area contributed by atoms with Crippen molar-refractivity contribution < 1.29 is 9.18 Å². The average molecular weight is 320 g/mol. The summed E-state index contributed by atoms with van der Waals surface area (Å²) in [5.74, 6) is -0.472. The zero-order valence-corrected chi connectivity index (χ0v) is 13.4. The Balaban J connectivity index is 2.13. The molecule has 0 radical (unpaired) electrons. The lowest BCUT2D eigenvalue weighted by Crippen LogP contribution is -2.33. The standard InChI is InChI=1S/C18H19ClFNO/c1-12(2)18(13-7-4-3-5-8-13)21-17(22)11-14-15(19)9-6-10-16(14)20/h3-10,12,18H,11H2,1-2H3,(H,21,22)/t18-/m0/s1. The highest BCUT2D eigenvalue weighted by Crippen LogP contribution is 2.23. The Morgan fingerprint density at radius 1 is 1.14 bits per heavy atom. The molecule has 0 fully saturated rings. The van der Waals surface area contributed by atoms with Crippen molar-refractivity contribution in [3.63, 3.8) is 0 Å². The van der Waals surface area contributed by atoms with Gasteiger partial charge in [-0.2, -0.15) is 0 Å². The molecule has 1 amide bonds. The molecule has 0 heterocycles. The van der Waals surface area contributed by atoms with Crippen molar-refractivity contribution in [1.29, 1.82) is 0 Å². The van der Waals surface area contributed by atoms with Gasteiger partial charge in [0.2, 0.25) is 5.91 Å². The predicted molar refractivity (Wildman–Crippen MR) is 87.3 cm³/mol. The molecular weight excluding hydrogens is 301 g/mol. The van der Waals surface area contributed by atoms with Crippen molar-refractivity contribution in [3.8, 4) is 0 Å². The van der Waals surface area contributed by atoms with E-state index < -0.39 is 5.82 Å². The Kier molecular flexibility index (Phi) is 5.56. The van der Waals surface area contributed by atoms with Crippen LogP contribution in [0.15, 0.2) is 48.5 Å². The van der Waals surface area contributed by atoms with Crippen LogP contribution in [0.5, 0.6) is 0 Å². The molecule has 1 atom stereocenters. The van der Waals surface area contributed by atoms with Crippen LogP contribution in [0.1, 0.15) is 31.0 Å². The second-order valence-corrected chi connectivity index (χ2v) is 5.98. The number of amides is 1. The number of halogens is 2. The Labute approximate surface area is 135 Å². The van der Waals surface area contributed by atoms with Gasteiger partial charge < -0.3 is 5.32 Å². The number of carbonyl (C=O) groups is 1. The zero-order chi connectivity index (χ0) is 16.1. The molecule has 2 aromatic carbocycles. The van der Waals surface area contributed by atoms with Crippen LogP contribution < -0.4 is 5.32 Å². The van der Waals surface area contributed by atoms with Crippen molar-refractivity contribution >= 4 is 17.5 Å². The van der Waals surface area contributed by atoms with Crippen LogP contribution in [0.25, 0.3) is 0 Å². The minimum absolute atomic E-state index is 0.0679. The van der Waals surface area contributed by atoms with Crippen LogP contribution in [0.3, 0.4) is 0 Å². The molecule has 1 N–H and O–H groups in total. The van der Waals surface area contributed by atoms with Crippen LogP contribution in [0, 0.1) is 11.7 Å². The molecule has 0 saturated carbocycles. The summed E-state index contributed by atoms with van der Waals surface area (Å²) in [4.78, 5) is 12.3. The van der Waals surface area contributed by atoms with Gasteiger partial charge in [0.1, 0.15) is 5.82 Å². The predicted octanol–water partition coefficient (Wildman–Crippen LogP) is 4.54. The van der Waals surface area contributed by atoms with E-state index in [-0.39, 0.29) is 34.9 Å². The van der Waals surface area contributed by atoms with Crippen LogP contribution in [-0.2, 0) is 11.2 Å². The normalized spacial score (nSPS) is 12.2. The van der Waals surface area contributed by atoms with Gasteiger partial charge in [-0.3, -0.25) is 4.79 Å². The number of nitrogens with one attached hydrogen (secondary N) is 1. The van der Waals surface area contributed by atoms with Gasteiger partial charge in [0.15, 0.2) is 0 Å². The van der Waals surface area contributed by atoms with Crippen molar-refractivity contribution in [2.45, 2.75) is 26.3 Å². The molecule has 0 unspecified atom stereocenters. The fourth-order valence-corrected chi connectivity index (χ4v) is 2.61.